The van der Waals surface area contributed by atoms with E-state index >= 15 is 0 Å². The number of hydrogen-bond donors (Lipinski definition) is 0. The van der Waals surface area contributed by atoms with Gasteiger partial charge < -0.3 is 19.1 Å². The van der Waals surface area contributed by atoms with E-state index in [0.29, 0.717) is 32.8 Å². The molecular formula is C23H31N3O6S. The zero-order chi connectivity index (χ0) is 23.7. The van der Waals surface area contributed by atoms with Gasteiger partial charge in [0.15, 0.2) is 0 Å². The summed E-state index contributed by atoms with van der Waals surface area (Å²) in [5.74, 6) is -0.662. The Hall–Kier alpha value is -2.53. The molecule has 2 aromatic rings. The maximum atomic E-state index is 13.1. The summed E-state index contributed by atoms with van der Waals surface area (Å²) >= 11 is 0. The second kappa shape index (κ2) is 12.1. The standard InChI is InChI=1S/C23H31N3O6S/c1-3-25-10-12-26(13-11-25)33(28,29)20-16-21(23(27)31-4-2)22(24-17-20)32-15-14-30-18-19-8-6-5-7-9-19/h5-9,16-17H,3-4,10-15,18H2,1-2H3. The predicted octanol–water partition coefficient (Wildman–Crippen LogP) is 2.18. The minimum atomic E-state index is -3.79. The Balaban J connectivity index is 1.67. The lowest BCUT2D eigenvalue weighted by atomic mass is 10.2. The van der Waals surface area contributed by atoms with Gasteiger partial charge in [0, 0.05) is 26.2 Å². The van der Waals surface area contributed by atoms with Crippen LogP contribution in [0.5, 0.6) is 5.88 Å². The molecule has 0 saturated carbocycles. The molecule has 0 atom stereocenters. The molecule has 0 bridgehead atoms. The van der Waals surface area contributed by atoms with Crippen LogP contribution < -0.4 is 4.74 Å². The summed E-state index contributed by atoms with van der Waals surface area (Å²) < 4.78 is 44.0. The molecule has 1 aliphatic heterocycles. The number of ether oxygens (including phenoxy) is 3. The molecule has 0 amide bonds. The molecule has 0 unspecified atom stereocenters. The SMILES string of the molecule is CCOC(=O)c1cc(S(=O)(=O)N2CCN(CC)CC2)cnc1OCCOCc1ccccc1. The topological polar surface area (TPSA) is 98.3 Å². The highest BCUT2D eigenvalue weighted by atomic mass is 32.2. The Morgan fingerprint density at radius 3 is 2.45 bits per heavy atom. The summed E-state index contributed by atoms with van der Waals surface area (Å²) in [6.07, 6.45) is 1.23. The smallest absolute Gasteiger partial charge is 0.343 e. The van der Waals surface area contributed by atoms with Crippen LogP contribution in [0.3, 0.4) is 0 Å². The molecule has 0 spiro atoms. The van der Waals surface area contributed by atoms with Crippen LogP contribution in [0.4, 0.5) is 0 Å². The van der Waals surface area contributed by atoms with Gasteiger partial charge in [0.05, 0.1) is 26.0 Å². The number of carbonyl (C=O) groups excluding carboxylic acids is 1. The maximum absolute atomic E-state index is 13.1. The van der Waals surface area contributed by atoms with Gasteiger partial charge in [-0.25, -0.2) is 18.2 Å². The van der Waals surface area contributed by atoms with Gasteiger partial charge in [0.2, 0.25) is 15.9 Å². The van der Waals surface area contributed by atoms with Crippen LogP contribution in [-0.2, 0) is 26.1 Å². The summed E-state index contributed by atoms with van der Waals surface area (Å²) in [7, 11) is -3.79. The number of sulfonamides is 1. The third kappa shape index (κ3) is 6.73. The number of rotatable bonds is 11. The quantitative estimate of drug-likeness (QED) is 0.359. The first-order valence-corrected chi connectivity index (χ1v) is 12.5. The Kier molecular flexibility index (Phi) is 9.19. The second-order valence-corrected chi connectivity index (χ2v) is 9.41. The Bertz CT molecular complexity index is 1010. The maximum Gasteiger partial charge on any atom is 0.343 e. The Morgan fingerprint density at radius 1 is 1.06 bits per heavy atom. The summed E-state index contributed by atoms with van der Waals surface area (Å²) in [5, 5.41) is 0. The van der Waals surface area contributed by atoms with Gasteiger partial charge in [0.25, 0.3) is 0 Å². The van der Waals surface area contributed by atoms with Gasteiger partial charge >= 0.3 is 5.97 Å². The first-order chi connectivity index (χ1) is 16.0. The number of likely N-dealkylation sites (N-methyl/N-ethyl adjacent to an activating group) is 1. The lowest BCUT2D eigenvalue weighted by molar-refractivity contribution is 0.0513. The minimum absolute atomic E-state index is 0.0199. The molecule has 1 aromatic heterocycles. The van der Waals surface area contributed by atoms with Crippen molar-refractivity contribution in [3.63, 3.8) is 0 Å². The van der Waals surface area contributed by atoms with Gasteiger partial charge in [-0.05, 0) is 25.1 Å². The van der Waals surface area contributed by atoms with E-state index in [2.05, 4.69) is 9.88 Å². The average molecular weight is 478 g/mol. The highest BCUT2D eigenvalue weighted by Gasteiger charge is 2.30. The summed E-state index contributed by atoms with van der Waals surface area (Å²) in [6, 6.07) is 11.0. The largest absolute Gasteiger partial charge is 0.475 e. The molecule has 0 aliphatic carbocycles. The van der Waals surface area contributed by atoms with Crippen LogP contribution in [0.25, 0.3) is 0 Å². The molecule has 1 fully saturated rings. The van der Waals surface area contributed by atoms with E-state index in [1.54, 1.807) is 6.92 Å². The van der Waals surface area contributed by atoms with Crippen molar-refractivity contribution >= 4 is 16.0 Å². The first-order valence-electron chi connectivity index (χ1n) is 11.1. The average Bonchev–Trinajstić information content (AvgIpc) is 2.84. The van der Waals surface area contributed by atoms with Crippen LogP contribution in [-0.4, -0.2) is 81.1 Å². The molecule has 33 heavy (non-hydrogen) atoms. The number of aromatic nitrogens is 1. The molecule has 1 aliphatic rings. The van der Waals surface area contributed by atoms with Crippen molar-refractivity contribution in [2.75, 3.05) is 52.5 Å². The van der Waals surface area contributed by atoms with E-state index in [-0.39, 0.29) is 36.2 Å². The molecule has 0 radical (unpaired) electrons. The molecule has 180 valence electrons. The van der Waals surface area contributed by atoms with E-state index in [4.69, 9.17) is 14.2 Å². The predicted molar refractivity (Wildman–Crippen MR) is 123 cm³/mol. The third-order valence-electron chi connectivity index (χ3n) is 5.32. The Labute approximate surface area is 195 Å². The minimum Gasteiger partial charge on any atom is -0.475 e. The van der Waals surface area contributed by atoms with Crippen LogP contribution in [0.2, 0.25) is 0 Å². The highest BCUT2D eigenvalue weighted by Crippen LogP contribution is 2.24. The van der Waals surface area contributed by atoms with Crippen molar-refractivity contribution in [2.24, 2.45) is 0 Å². The van der Waals surface area contributed by atoms with Crippen LogP contribution in [0, 0.1) is 0 Å². The van der Waals surface area contributed by atoms with E-state index < -0.39 is 16.0 Å². The summed E-state index contributed by atoms with van der Waals surface area (Å²) in [6.45, 7) is 7.73. The third-order valence-corrected chi connectivity index (χ3v) is 7.18. The number of pyridine rings is 1. The number of benzene rings is 1. The number of esters is 1. The summed E-state index contributed by atoms with van der Waals surface area (Å²) in [4.78, 5) is 18.8. The van der Waals surface area contributed by atoms with Gasteiger partial charge in [-0.3, -0.25) is 0 Å². The fourth-order valence-corrected chi connectivity index (χ4v) is 4.84. The summed E-state index contributed by atoms with van der Waals surface area (Å²) in [5.41, 5.74) is 1.02. The van der Waals surface area contributed by atoms with Gasteiger partial charge in [-0.2, -0.15) is 4.31 Å². The normalized spacial score (nSPS) is 15.3. The van der Waals surface area contributed by atoms with Crippen molar-refractivity contribution < 1.29 is 27.4 Å². The lowest BCUT2D eigenvalue weighted by Gasteiger charge is -2.33. The van der Waals surface area contributed by atoms with Crippen molar-refractivity contribution in [1.82, 2.24) is 14.2 Å². The van der Waals surface area contributed by atoms with Crippen molar-refractivity contribution in [2.45, 2.75) is 25.3 Å². The molecule has 10 heteroatoms. The lowest BCUT2D eigenvalue weighted by Crippen LogP contribution is -2.48. The monoisotopic (exact) mass is 477 g/mol. The fourth-order valence-electron chi connectivity index (χ4n) is 3.44. The number of hydrogen-bond acceptors (Lipinski definition) is 8. The molecule has 3 rings (SSSR count). The molecule has 0 N–H and O–H groups in total. The van der Waals surface area contributed by atoms with Crippen molar-refractivity contribution in [3.05, 3.63) is 53.7 Å². The molecule has 9 nitrogen and oxygen atoms in total. The number of carbonyl (C=O) groups is 1. The molecule has 2 heterocycles. The zero-order valence-corrected chi connectivity index (χ0v) is 19.9. The van der Waals surface area contributed by atoms with E-state index in [1.807, 2.05) is 37.3 Å². The van der Waals surface area contributed by atoms with Crippen LogP contribution in [0.1, 0.15) is 29.8 Å². The van der Waals surface area contributed by atoms with Gasteiger partial charge in [-0.1, -0.05) is 37.3 Å². The van der Waals surface area contributed by atoms with Crippen LogP contribution >= 0.6 is 0 Å². The van der Waals surface area contributed by atoms with E-state index in [9.17, 15) is 13.2 Å². The van der Waals surface area contributed by atoms with E-state index in [0.717, 1.165) is 12.1 Å². The zero-order valence-electron chi connectivity index (χ0n) is 19.1. The molecule has 1 aromatic carbocycles. The highest BCUT2D eigenvalue weighted by molar-refractivity contribution is 7.89. The second-order valence-electron chi connectivity index (χ2n) is 7.47. The molecular weight excluding hydrogens is 446 g/mol. The van der Waals surface area contributed by atoms with Gasteiger partial charge in [0.1, 0.15) is 17.1 Å². The fraction of sp³-hybridized carbons (Fsp3) is 0.478. The van der Waals surface area contributed by atoms with E-state index in [1.165, 1.54) is 16.6 Å². The number of piperazine rings is 1. The first kappa shape index (κ1) is 25.1. The van der Waals surface area contributed by atoms with Crippen molar-refractivity contribution in [1.29, 1.82) is 0 Å². The van der Waals surface area contributed by atoms with Crippen LogP contribution in [0.15, 0.2) is 47.5 Å². The number of nitrogens with zero attached hydrogens (tertiary/aromatic N) is 3. The van der Waals surface area contributed by atoms with Crippen molar-refractivity contribution in [3.8, 4) is 5.88 Å². The molecule has 1 saturated heterocycles. The van der Waals surface area contributed by atoms with Gasteiger partial charge in [-0.15, -0.1) is 0 Å². The Morgan fingerprint density at radius 2 is 1.79 bits per heavy atom.